The van der Waals surface area contributed by atoms with Crippen molar-refractivity contribution in [2.24, 2.45) is 0 Å². The van der Waals surface area contributed by atoms with E-state index >= 15 is 0 Å². The summed E-state index contributed by atoms with van der Waals surface area (Å²) in [4.78, 5) is 33.6. The maximum atomic E-state index is 13.8. The number of aromatic amines is 1. The Morgan fingerprint density at radius 2 is 2.03 bits per heavy atom. The van der Waals surface area contributed by atoms with Gasteiger partial charge in [0.25, 0.3) is 5.56 Å². The molecule has 2 aromatic carbocycles. The number of hydrogen-bond donors (Lipinski definition) is 2. The molecule has 162 valence electrons. The van der Waals surface area contributed by atoms with Crippen molar-refractivity contribution in [3.8, 4) is 11.1 Å². The summed E-state index contributed by atoms with van der Waals surface area (Å²) in [6.07, 6.45) is 3.64. The Balaban J connectivity index is 1.44. The lowest BCUT2D eigenvalue weighted by Crippen LogP contribution is -2.23. The predicted octanol–water partition coefficient (Wildman–Crippen LogP) is 4.90. The van der Waals surface area contributed by atoms with Gasteiger partial charge in [-0.2, -0.15) is 0 Å². The Kier molecular flexibility index (Phi) is 5.30. The molecule has 1 aliphatic rings. The van der Waals surface area contributed by atoms with Crippen molar-refractivity contribution >= 4 is 34.4 Å². The van der Waals surface area contributed by atoms with Crippen LogP contribution >= 0.6 is 11.8 Å². The molecule has 2 heterocycles. The van der Waals surface area contributed by atoms with E-state index in [9.17, 15) is 14.0 Å². The summed E-state index contributed by atoms with van der Waals surface area (Å²) in [7, 11) is 0. The lowest BCUT2D eigenvalue weighted by molar-refractivity contribution is -0.113. The summed E-state index contributed by atoms with van der Waals surface area (Å²) < 4.78 is 15.5. The third kappa shape index (κ3) is 3.93. The van der Waals surface area contributed by atoms with Gasteiger partial charge in [0.15, 0.2) is 5.16 Å². The Labute approximate surface area is 187 Å². The van der Waals surface area contributed by atoms with Crippen LogP contribution in [0.5, 0.6) is 0 Å². The van der Waals surface area contributed by atoms with Crippen molar-refractivity contribution < 1.29 is 9.18 Å². The van der Waals surface area contributed by atoms with Gasteiger partial charge in [0.2, 0.25) is 5.91 Å². The number of anilines is 1. The summed E-state index contributed by atoms with van der Waals surface area (Å²) >= 11 is 1.22. The molecule has 8 heteroatoms. The van der Waals surface area contributed by atoms with Gasteiger partial charge in [0, 0.05) is 23.5 Å². The number of aryl methyl sites for hydroxylation is 1. The third-order valence-electron chi connectivity index (χ3n) is 5.48. The maximum Gasteiger partial charge on any atom is 0.278 e. The van der Waals surface area contributed by atoms with Crippen LogP contribution in [0.25, 0.3) is 22.2 Å². The molecule has 0 radical (unpaired) electrons. The monoisotopic (exact) mass is 448 g/mol. The molecule has 1 saturated carbocycles. The van der Waals surface area contributed by atoms with Gasteiger partial charge in [-0.3, -0.25) is 14.2 Å². The molecule has 0 spiro atoms. The van der Waals surface area contributed by atoms with Crippen molar-refractivity contribution in [1.82, 2.24) is 14.5 Å². The minimum absolute atomic E-state index is 0.0608. The first-order valence-electron chi connectivity index (χ1n) is 10.4. The topological polar surface area (TPSA) is 79.8 Å². The number of nitrogens with one attached hydrogen (secondary N) is 2. The second-order valence-electron chi connectivity index (χ2n) is 7.89. The SMILES string of the molecule is Cc1ccc(NC(=O)CSc2nc3c(-c4ccccc4)c[nH]c3c(=O)n2C2CC2)cc1F. The number of amides is 1. The number of thioether (sulfide) groups is 1. The summed E-state index contributed by atoms with van der Waals surface area (Å²) in [5, 5.41) is 3.23. The fourth-order valence-electron chi connectivity index (χ4n) is 3.64. The quantitative estimate of drug-likeness (QED) is 0.325. The first-order valence-corrected chi connectivity index (χ1v) is 11.4. The fourth-order valence-corrected chi connectivity index (χ4v) is 4.50. The van der Waals surface area contributed by atoms with Crippen LogP contribution in [0.2, 0.25) is 0 Å². The van der Waals surface area contributed by atoms with Crippen LogP contribution in [-0.4, -0.2) is 26.2 Å². The minimum atomic E-state index is -0.369. The molecule has 6 nitrogen and oxygen atoms in total. The zero-order valence-electron chi connectivity index (χ0n) is 17.4. The molecule has 0 aliphatic heterocycles. The summed E-state index contributed by atoms with van der Waals surface area (Å²) in [5.41, 5.74) is 3.68. The number of halogens is 1. The van der Waals surface area contributed by atoms with Crippen LogP contribution in [0.4, 0.5) is 10.1 Å². The smallest absolute Gasteiger partial charge is 0.278 e. The van der Waals surface area contributed by atoms with Crippen LogP contribution in [0.15, 0.2) is 64.7 Å². The van der Waals surface area contributed by atoms with Gasteiger partial charge >= 0.3 is 0 Å². The van der Waals surface area contributed by atoms with Gasteiger partial charge in [-0.05, 0) is 43.0 Å². The highest BCUT2D eigenvalue weighted by atomic mass is 32.2. The summed E-state index contributed by atoms with van der Waals surface area (Å²) in [6.45, 7) is 1.67. The summed E-state index contributed by atoms with van der Waals surface area (Å²) in [6, 6.07) is 14.4. The van der Waals surface area contributed by atoms with E-state index in [-0.39, 0.29) is 29.1 Å². The summed E-state index contributed by atoms with van der Waals surface area (Å²) in [5.74, 6) is -0.594. The molecule has 1 aliphatic carbocycles. The van der Waals surface area contributed by atoms with Crippen LogP contribution in [-0.2, 0) is 4.79 Å². The molecule has 32 heavy (non-hydrogen) atoms. The van der Waals surface area contributed by atoms with E-state index < -0.39 is 0 Å². The number of nitrogens with zero attached hydrogens (tertiary/aromatic N) is 2. The van der Waals surface area contributed by atoms with Gasteiger partial charge in [-0.1, -0.05) is 48.2 Å². The predicted molar refractivity (Wildman–Crippen MR) is 125 cm³/mol. The Hall–Kier alpha value is -3.39. The van der Waals surface area contributed by atoms with Crippen molar-refractivity contribution in [2.75, 3.05) is 11.1 Å². The van der Waals surface area contributed by atoms with E-state index in [4.69, 9.17) is 4.98 Å². The molecule has 1 fully saturated rings. The first-order chi connectivity index (χ1) is 15.5. The maximum absolute atomic E-state index is 13.8. The average molecular weight is 449 g/mol. The molecule has 0 bridgehead atoms. The van der Waals surface area contributed by atoms with Gasteiger partial charge in [-0.15, -0.1) is 0 Å². The normalized spacial score (nSPS) is 13.4. The first kappa shape index (κ1) is 20.5. The molecule has 0 saturated heterocycles. The van der Waals surface area contributed by atoms with Crippen molar-refractivity contribution in [1.29, 1.82) is 0 Å². The number of rotatable bonds is 6. The largest absolute Gasteiger partial charge is 0.355 e. The lowest BCUT2D eigenvalue weighted by Gasteiger charge is -2.12. The number of carbonyl (C=O) groups is 1. The van der Waals surface area contributed by atoms with E-state index in [1.54, 1.807) is 29.8 Å². The number of H-pyrrole nitrogens is 1. The zero-order valence-corrected chi connectivity index (χ0v) is 18.2. The van der Waals surface area contributed by atoms with E-state index in [0.29, 0.717) is 27.4 Å². The van der Waals surface area contributed by atoms with Gasteiger partial charge < -0.3 is 10.3 Å². The average Bonchev–Trinajstić information content (AvgIpc) is 3.53. The van der Waals surface area contributed by atoms with Gasteiger partial charge in [0.05, 0.1) is 5.75 Å². The molecule has 2 aromatic heterocycles. The second kappa shape index (κ2) is 8.27. The molecule has 0 unspecified atom stereocenters. The molecule has 5 rings (SSSR count). The number of fused-ring (bicyclic) bond motifs is 1. The van der Waals surface area contributed by atoms with E-state index in [1.165, 1.54) is 17.8 Å². The number of benzene rings is 2. The van der Waals surface area contributed by atoms with Crippen molar-refractivity contribution in [3.05, 3.63) is 76.5 Å². The van der Waals surface area contributed by atoms with Crippen LogP contribution in [0.1, 0.15) is 24.4 Å². The van der Waals surface area contributed by atoms with Crippen LogP contribution in [0, 0.1) is 12.7 Å². The Morgan fingerprint density at radius 1 is 1.25 bits per heavy atom. The number of aromatic nitrogens is 3. The van der Waals surface area contributed by atoms with E-state index in [2.05, 4.69) is 10.3 Å². The van der Waals surface area contributed by atoms with E-state index in [0.717, 1.165) is 24.0 Å². The fraction of sp³-hybridized carbons (Fsp3) is 0.208. The molecule has 1 amide bonds. The van der Waals surface area contributed by atoms with Crippen molar-refractivity contribution in [3.63, 3.8) is 0 Å². The molecule has 0 atom stereocenters. The number of carbonyl (C=O) groups excluding carboxylic acids is 1. The van der Waals surface area contributed by atoms with E-state index in [1.807, 2.05) is 30.3 Å². The standard InChI is InChI=1S/C24H21FN4O2S/c1-14-7-8-16(11-19(14)25)27-20(30)13-32-24-28-21-18(15-5-3-2-4-6-15)12-26-22(21)23(31)29(24)17-9-10-17/h2-8,11-12,17,26H,9-10,13H2,1H3,(H,27,30). The third-order valence-corrected chi connectivity index (χ3v) is 6.44. The molecule has 2 N–H and O–H groups in total. The Morgan fingerprint density at radius 3 is 2.75 bits per heavy atom. The van der Waals surface area contributed by atoms with Gasteiger partial charge in [-0.25, -0.2) is 9.37 Å². The zero-order chi connectivity index (χ0) is 22.2. The molecular weight excluding hydrogens is 427 g/mol. The Bertz CT molecular complexity index is 1380. The van der Waals surface area contributed by atoms with Crippen LogP contribution < -0.4 is 10.9 Å². The highest BCUT2D eigenvalue weighted by molar-refractivity contribution is 7.99. The van der Waals surface area contributed by atoms with Crippen molar-refractivity contribution in [2.45, 2.75) is 31.0 Å². The minimum Gasteiger partial charge on any atom is -0.355 e. The van der Waals surface area contributed by atoms with Crippen LogP contribution in [0.3, 0.4) is 0 Å². The lowest BCUT2D eigenvalue weighted by atomic mass is 10.1. The second-order valence-corrected chi connectivity index (χ2v) is 8.84. The molecule has 4 aromatic rings. The highest BCUT2D eigenvalue weighted by Gasteiger charge is 2.29. The molecular formula is C24H21FN4O2S. The van der Waals surface area contributed by atoms with Gasteiger partial charge in [0.1, 0.15) is 16.9 Å². The highest BCUT2D eigenvalue weighted by Crippen LogP contribution is 2.37. The number of hydrogen-bond acceptors (Lipinski definition) is 4.